The zero-order valence-electron chi connectivity index (χ0n) is 18.0. The SMILES string of the molecule is C=CCC(CC)CN(CCCCCCCC)CCCCCCCCC. The van der Waals surface area contributed by atoms with E-state index in [1.165, 1.54) is 116 Å². The Balaban J connectivity index is 3.99. The van der Waals surface area contributed by atoms with Crippen LogP contribution in [0.4, 0.5) is 0 Å². The van der Waals surface area contributed by atoms with Gasteiger partial charge in [0.15, 0.2) is 0 Å². The summed E-state index contributed by atoms with van der Waals surface area (Å²) >= 11 is 0. The van der Waals surface area contributed by atoms with Gasteiger partial charge in [-0.3, -0.25) is 0 Å². The average molecular weight is 352 g/mol. The highest BCUT2D eigenvalue weighted by Gasteiger charge is 2.11. The summed E-state index contributed by atoms with van der Waals surface area (Å²) < 4.78 is 0. The van der Waals surface area contributed by atoms with Crippen LogP contribution in [-0.2, 0) is 0 Å². The second-order valence-corrected chi connectivity index (χ2v) is 7.99. The quantitative estimate of drug-likeness (QED) is 0.159. The van der Waals surface area contributed by atoms with Crippen molar-refractivity contribution >= 4 is 0 Å². The molecule has 0 saturated heterocycles. The molecular weight excluding hydrogens is 302 g/mol. The van der Waals surface area contributed by atoms with E-state index in [0.29, 0.717) is 0 Å². The van der Waals surface area contributed by atoms with Crippen molar-refractivity contribution in [1.82, 2.24) is 4.90 Å². The molecule has 0 fully saturated rings. The first-order chi connectivity index (χ1) is 12.3. The summed E-state index contributed by atoms with van der Waals surface area (Å²) in [4.78, 5) is 2.77. The number of unbranched alkanes of at least 4 members (excludes halogenated alkanes) is 11. The van der Waals surface area contributed by atoms with Gasteiger partial charge in [-0.1, -0.05) is 104 Å². The van der Waals surface area contributed by atoms with Gasteiger partial charge in [-0.25, -0.2) is 0 Å². The third kappa shape index (κ3) is 16.9. The predicted octanol–water partition coefficient (Wildman–Crippen LogP) is 8.00. The van der Waals surface area contributed by atoms with Crippen LogP contribution in [0.1, 0.15) is 117 Å². The number of nitrogens with zero attached hydrogens (tertiary/aromatic N) is 1. The van der Waals surface area contributed by atoms with E-state index in [1.807, 2.05) is 0 Å². The maximum absolute atomic E-state index is 3.95. The summed E-state index contributed by atoms with van der Waals surface area (Å²) in [7, 11) is 0. The average Bonchev–Trinajstić information content (AvgIpc) is 2.62. The van der Waals surface area contributed by atoms with Gasteiger partial charge < -0.3 is 4.90 Å². The molecule has 1 unspecified atom stereocenters. The van der Waals surface area contributed by atoms with Crippen LogP contribution in [0, 0.1) is 5.92 Å². The smallest absolute Gasteiger partial charge is 0.00125 e. The van der Waals surface area contributed by atoms with Crippen LogP contribution in [0.15, 0.2) is 12.7 Å². The molecule has 0 spiro atoms. The number of rotatable bonds is 20. The maximum Gasteiger partial charge on any atom is 0.00125 e. The van der Waals surface area contributed by atoms with E-state index >= 15 is 0 Å². The van der Waals surface area contributed by atoms with E-state index in [9.17, 15) is 0 Å². The second kappa shape index (κ2) is 20.0. The van der Waals surface area contributed by atoms with Gasteiger partial charge in [-0.05, 0) is 38.3 Å². The van der Waals surface area contributed by atoms with Crippen molar-refractivity contribution < 1.29 is 0 Å². The molecule has 0 aromatic carbocycles. The fourth-order valence-electron chi connectivity index (χ4n) is 3.67. The molecule has 0 aromatic heterocycles. The second-order valence-electron chi connectivity index (χ2n) is 7.99. The minimum atomic E-state index is 0.808. The van der Waals surface area contributed by atoms with E-state index < -0.39 is 0 Å². The van der Waals surface area contributed by atoms with Crippen LogP contribution >= 0.6 is 0 Å². The van der Waals surface area contributed by atoms with Crippen molar-refractivity contribution in [2.24, 2.45) is 5.92 Å². The number of hydrogen-bond acceptors (Lipinski definition) is 1. The fraction of sp³-hybridized carbons (Fsp3) is 0.917. The first-order valence-corrected chi connectivity index (χ1v) is 11.6. The first-order valence-electron chi connectivity index (χ1n) is 11.6. The number of allylic oxidation sites excluding steroid dienone is 1. The molecule has 0 amide bonds. The van der Waals surface area contributed by atoms with Crippen molar-refractivity contribution in [3.8, 4) is 0 Å². The molecule has 0 radical (unpaired) electrons. The minimum Gasteiger partial charge on any atom is -0.303 e. The summed E-state index contributed by atoms with van der Waals surface area (Å²) in [6, 6.07) is 0. The van der Waals surface area contributed by atoms with E-state index in [4.69, 9.17) is 0 Å². The molecule has 25 heavy (non-hydrogen) atoms. The topological polar surface area (TPSA) is 3.24 Å². The highest BCUT2D eigenvalue weighted by atomic mass is 15.1. The van der Waals surface area contributed by atoms with Crippen molar-refractivity contribution in [1.29, 1.82) is 0 Å². The normalized spacial score (nSPS) is 12.6. The van der Waals surface area contributed by atoms with Gasteiger partial charge in [-0.15, -0.1) is 6.58 Å². The largest absolute Gasteiger partial charge is 0.303 e. The lowest BCUT2D eigenvalue weighted by Gasteiger charge is -2.26. The Morgan fingerprint density at radius 2 is 1.12 bits per heavy atom. The van der Waals surface area contributed by atoms with Crippen LogP contribution in [0.25, 0.3) is 0 Å². The van der Waals surface area contributed by atoms with E-state index in [-0.39, 0.29) is 0 Å². The van der Waals surface area contributed by atoms with Crippen molar-refractivity contribution in [3.63, 3.8) is 0 Å². The lowest BCUT2D eigenvalue weighted by Crippen LogP contribution is -2.31. The molecule has 150 valence electrons. The Hall–Kier alpha value is -0.300. The number of hydrogen-bond donors (Lipinski definition) is 0. The van der Waals surface area contributed by atoms with Gasteiger partial charge in [0.25, 0.3) is 0 Å². The third-order valence-corrected chi connectivity index (χ3v) is 5.50. The molecule has 0 aliphatic heterocycles. The van der Waals surface area contributed by atoms with E-state index in [2.05, 4.69) is 38.3 Å². The molecule has 0 aromatic rings. The van der Waals surface area contributed by atoms with Crippen LogP contribution < -0.4 is 0 Å². The Morgan fingerprint density at radius 3 is 1.52 bits per heavy atom. The van der Waals surface area contributed by atoms with Crippen LogP contribution in [0.2, 0.25) is 0 Å². The molecule has 0 rings (SSSR count). The van der Waals surface area contributed by atoms with Crippen LogP contribution in [0.3, 0.4) is 0 Å². The summed E-state index contributed by atoms with van der Waals surface area (Å²) in [5, 5.41) is 0. The van der Waals surface area contributed by atoms with Crippen molar-refractivity contribution in [3.05, 3.63) is 12.7 Å². The molecule has 1 heteroatoms. The Bertz CT molecular complexity index is 261. The molecule has 0 heterocycles. The van der Waals surface area contributed by atoms with Gasteiger partial charge in [0.2, 0.25) is 0 Å². The summed E-state index contributed by atoms with van der Waals surface area (Å²) in [5.74, 6) is 0.808. The van der Waals surface area contributed by atoms with E-state index in [1.54, 1.807) is 0 Å². The minimum absolute atomic E-state index is 0.808. The zero-order chi connectivity index (χ0) is 18.6. The van der Waals surface area contributed by atoms with Crippen molar-refractivity contribution in [2.75, 3.05) is 19.6 Å². The fourth-order valence-corrected chi connectivity index (χ4v) is 3.67. The third-order valence-electron chi connectivity index (χ3n) is 5.50. The lowest BCUT2D eigenvalue weighted by molar-refractivity contribution is 0.218. The molecule has 0 saturated carbocycles. The molecule has 0 aliphatic carbocycles. The van der Waals surface area contributed by atoms with Gasteiger partial charge in [0.1, 0.15) is 0 Å². The first kappa shape index (κ1) is 24.7. The molecular formula is C24H49N. The zero-order valence-corrected chi connectivity index (χ0v) is 18.0. The molecule has 0 bridgehead atoms. The summed E-state index contributed by atoms with van der Waals surface area (Å²) in [6.45, 7) is 14.8. The lowest BCUT2D eigenvalue weighted by atomic mass is 10.0. The Labute approximate surface area is 160 Å². The van der Waals surface area contributed by atoms with E-state index in [0.717, 1.165) is 5.92 Å². The van der Waals surface area contributed by atoms with Crippen LogP contribution in [0.5, 0.6) is 0 Å². The van der Waals surface area contributed by atoms with Gasteiger partial charge in [0.05, 0.1) is 0 Å². The van der Waals surface area contributed by atoms with Crippen molar-refractivity contribution in [2.45, 2.75) is 117 Å². The Morgan fingerprint density at radius 1 is 0.680 bits per heavy atom. The predicted molar refractivity (Wildman–Crippen MR) is 116 cm³/mol. The highest BCUT2D eigenvalue weighted by Crippen LogP contribution is 2.14. The van der Waals surface area contributed by atoms with Gasteiger partial charge >= 0.3 is 0 Å². The van der Waals surface area contributed by atoms with Crippen LogP contribution in [-0.4, -0.2) is 24.5 Å². The maximum atomic E-state index is 3.95. The molecule has 0 aliphatic rings. The standard InChI is InChI=1S/C24H49N/c1-5-9-11-13-15-17-19-22-25(23-24(8-4)20-7-3)21-18-16-14-12-10-6-2/h7,24H,3,5-6,8-23H2,1-2,4H3. The van der Waals surface area contributed by atoms with Gasteiger partial charge in [0, 0.05) is 6.54 Å². The Kier molecular flexibility index (Phi) is 19.8. The molecule has 0 N–H and O–H groups in total. The summed E-state index contributed by atoms with van der Waals surface area (Å²) in [6.07, 6.45) is 23.0. The molecule has 1 nitrogen and oxygen atoms in total. The van der Waals surface area contributed by atoms with Gasteiger partial charge in [-0.2, -0.15) is 0 Å². The molecule has 1 atom stereocenters. The highest BCUT2D eigenvalue weighted by molar-refractivity contribution is 4.75. The summed E-state index contributed by atoms with van der Waals surface area (Å²) in [5.41, 5.74) is 0. The monoisotopic (exact) mass is 351 g/mol.